The van der Waals surface area contributed by atoms with E-state index in [4.69, 9.17) is 4.74 Å². The lowest BCUT2D eigenvalue weighted by Gasteiger charge is -1.95. The minimum absolute atomic E-state index is 0.502. The Morgan fingerprint density at radius 1 is 1.45 bits per heavy atom. The number of rotatable bonds is 2. The zero-order valence-corrected chi connectivity index (χ0v) is 7.85. The van der Waals surface area contributed by atoms with Gasteiger partial charge in [-0.1, -0.05) is 27.0 Å². The number of aliphatic imine (C=N–C) groups is 1. The van der Waals surface area contributed by atoms with Crippen LogP contribution in [0.1, 0.15) is 20.8 Å². The van der Waals surface area contributed by atoms with E-state index in [1.165, 1.54) is 6.08 Å². The molecular weight excluding hydrogens is 138 g/mol. The van der Waals surface area contributed by atoms with E-state index in [1.54, 1.807) is 14.0 Å². The van der Waals surface area contributed by atoms with Crippen LogP contribution in [0.25, 0.3) is 0 Å². The molecule has 0 spiro atoms. The third-order valence-electron chi connectivity index (χ3n) is 0.685. The molecule has 0 aromatic carbocycles. The van der Waals surface area contributed by atoms with Gasteiger partial charge in [-0.25, -0.2) is 4.99 Å². The van der Waals surface area contributed by atoms with Crippen LogP contribution in [-0.4, -0.2) is 13.0 Å². The van der Waals surface area contributed by atoms with Gasteiger partial charge >= 0.3 is 0 Å². The lowest BCUT2D eigenvalue weighted by Crippen LogP contribution is -1.94. The minimum Gasteiger partial charge on any atom is -0.481 e. The van der Waals surface area contributed by atoms with Gasteiger partial charge in [0, 0.05) is 5.70 Å². The van der Waals surface area contributed by atoms with E-state index in [9.17, 15) is 0 Å². The summed E-state index contributed by atoms with van der Waals surface area (Å²) in [6.45, 7) is 12.9. The Morgan fingerprint density at radius 3 is 2.00 bits per heavy atom. The fourth-order valence-electron chi connectivity index (χ4n) is 0.363. The van der Waals surface area contributed by atoms with Crippen molar-refractivity contribution in [3.63, 3.8) is 0 Å². The fourth-order valence-corrected chi connectivity index (χ4v) is 0.363. The summed E-state index contributed by atoms with van der Waals surface area (Å²) in [6.07, 6.45) is 1.54. The van der Waals surface area contributed by atoms with Crippen molar-refractivity contribution in [3.05, 3.63) is 24.9 Å². The van der Waals surface area contributed by atoms with E-state index >= 15 is 0 Å². The van der Waals surface area contributed by atoms with Crippen molar-refractivity contribution in [3.8, 4) is 0 Å². The average Bonchev–Trinajstić information content (AvgIpc) is 2.03. The van der Waals surface area contributed by atoms with Gasteiger partial charge in [-0.05, 0) is 13.0 Å². The first kappa shape index (κ1) is 12.6. The highest BCUT2D eigenvalue weighted by molar-refractivity contribution is 5.87. The van der Waals surface area contributed by atoms with Gasteiger partial charge < -0.3 is 4.74 Å². The molecule has 0 aromatic rings. The third kappa shape index (κ3) is 8.95. The van der Waals surface area contributed by atoms with E-state index in [0.717, 1.165) is 0 Å². The second-order valence-electron chi connectivity index (χ2n) is 1.59. The molecule has 0 saturated heterocycles. The highest BCUT2D eigenvalue weighted by Crippen LogP contribution is 1.91. The summed E-state index contributed by atoms with van der Waals surface area (Å²) < 4.78 is 4.78. The van der Waals surface area contributed by atoms with Crippen LogP contribution in [0.5, 0.6) is 0 Å². The maximum Gasteiger partial charge on any atom is 0.212 e. The SMILES string of the molecule is C=CC(=NC(=C)C)OC.CC. The van der Waals surface area contributed by atoms with Crippen LogP contribution in [0, 0.1) is 0 Å². The Hall–Kier alpha value is -1.05. The number of allylic oxidation sites excluding steroid dienone is 1. The lowest BCUT2D eigenvalue weighted by atomic mass is 10.5. The van der Waals surface area contributed by atoms with Crippen LogP contribution in [0.4, 0.5) is 0 Å². The molecule has 0 unspecified atom stereocenters. The molecule has 0 radical (unpaired) electrons. The molecule has 0 saturated carbocycles. The molecule has 0 aliphatic rings. The van der Waals surface area contributed by atoms with Crippen molar-refractivity contribution in [2.24, 2.45) is 4.99 Å². The van der Waals surface area contributed by atoms with Gasteiger partial charge in [-0.2, -0.15) is 0 Å². The second kappa shape index (κ2) is 8.95. The van der Waals surface area contributed by atoms with Crippen molar-refractivity contribution in [1.29, 1.82) is 0 Å². The van der Waals surface area contributed by atoms with Crippen molar-refractivity contribution >= 4 is 5.90 Å². The number of ether oxygens (including phenoxy) is 1. The Balaban J connectivity index is 0. The monoisotopic (exact) mass is 155 g/mol. The molecule has 0 aliphatic carbocycles. The first-order valence-corrected chi connectivity index (χ1v) is 3.61. The van der Waals surface area contributed by atoms with Crippen LogP contribution in [-0.2, 0) is 4.74 Å². The molecule has 0 aromatic heterocycles. The Labute approximate surface area is 69.3 Å². The van der Waals surface area contributed by atoms with Gasteiger partial charge in [0.15, 0.2) is 0 Å². The maximum atomic E-state index is 4.78. The van der Waals surface area contributed by atoms with Crippen molar-refractivity contribution in [2.45, 2.75) is 20.8 Å². The molecule has 0 heterocycles. The van der Waals surface area contributed by atoms with Gasteiger partial charge in [0.1, 0.15) is 0 Å². The van der Waals surface area contributed by atoms with Gasteiger partial charge in [0.05, 0.1) is 7.11 Å². The van der Waals surface area contributed by atoms with E-state index in [-0.39, 0.29) is 0 Å². The molecule has 0 N–H and O–H groups in total. The summed E-state index contributed by atoms with van der Waals surface area (Å²) in [6, 6.07) is 0. The third-order valence-corrected chi connectivity index (χ3v) is 0.685. The predicted octanol–water partition coefficient (Wildman–Crippen LogP) is 2.78. The topological polar surface area (TPSA) is 21.6 Å². The summed E-state index contributed by atoms with van der Waals surface area (Å²) in [4.78, 5) is 3.90. The Bertz CT molecular complexity index is 148. The molecule has 0 aliphatic heterocycles. The highest BCUT2D eigenvalue weighted by Gasteiger charge is 1.86. The number of hydrogen-bond acceptors (Lipinski definition) is 2. The number of methoxy groups -OCH3 is 1. The normalized spacial score (nSPS) is 9.27. The van der Waals surface area contributed by atoms with Gasteiger partial charge in [-0.15, -0.1) is 0 Å². The van der Waals surface area contributed by atoms with Gasteiger partial charge in [0.25, 0.3) is 0 Å². The molecule has 0 amide bonds. The van der Waals surface area contributed by atoms with Crippen LogP contribution >= 0.6 is 0 Å². The molecule has 11 heavy (non-hydrogen) atoms. The largest absolute Gasteiger partial charge is 0.481 e. The molecule has 0 fully saturated rings. The van der Waals surface area contributed by atoms with E-state index in [1.807, 2.05) is 13.8 Å². The Kier molecular flexibility index (Phi) is 10.3. The molecule has 64 valence electrons. The fraction of sp³-hybridized carbons (Fsp3) is 0.444. The summed E-state index contributed by atoms with van der Waals surface area (Å²) >= 11 is 0. The molecule has 2 heteroatoms. The van der Waals surface area contributed by atoms with Gasteiger partial charge in [-0.3, -0.25) is 0 Å². The number of nitrogens with zero attached hydrogens (tertiary/aromatic N) is 1. The van der Waals surface area contributed by atoms with Crippen LogP contribution < -0.4 is 0 Å². The first-order valence-electron chi connectivity index (χ1n) is 3.61. The standard InChI is InChI=1S/C7H11NO.C2H6/c1-5-7(9-4)8-6(2)3;1-2/h5H,1-2H2,3-4H3;1-2H3. The molecule has 0 atom stereocenters. The Morgan fingerprint density at radius 2 is 1.91 bits per heavy atom. The smallest absolute Gasteiger partial charge is 0.212 e. The summed E-state index contributed by atoms with van der Waals surface area (Å²) in [5, 5.41) is 0. The maximum absolute atomic E-state index is 4.78. The van der Waals surface area contributed by atoms with Crippen molar-refractivity contribution in [2.75, 3.05) is 7.11 Å². The minimum atomic E-state index is 0.502. The predicted molar refractivity (Wildman–Crippen MR) is 50.8 cm³/mol. The van der Waals surface area contributed by atoms with E-state index < -0.39 is 0 Å². The number of hydrogen-bond donors (Lipinski definition) is 0. The summed E-state index contributed by atoms with van der Waals surface area (Å²) in [7, 11) is 1.55. The highest BCUT2D eigenvalue weighted by atomic mass is 16.5. The average molecular weight is 155 g/mol. The van der Waals surface area contributed by atoms with Crippen LogP contribution in [0.3, 0.4) is 0 Å². The van der Waals surface area contributed by atoms with Crippen molar-refractivity contribution < 1.29 is 4.74 Å². The zero-order chi connectivity index (χ0) is 9.28. The van der Waals surface area contributed by atoms with Crippen LogP contribution in [0.2, 0.25) is 0 Å². The quantitative estimate of drug-likeness (QED) is 0.444. The molecular formula is C9H17NO. The molecule has 0 bridgehead atoms. The molecule has 0 rings (SSSR count). The second-order valence-corrected chi connectivity index (χ2v) is 1.59. The lowest BCUT2D eigenvalue weighted by molar-refractivity contribution is 0.406. The molecule has 2 nitrogen and oxygen atoms in total. The van der Waals surface area contributed by atoms with Crippen molar-refractivity contribution in [1.82, 2.24) is 0 Å². The zero-order valence-electron chi connectivity index (χ0n) is 7.85. The van der Waals surface area contributed by atoms with Gasteiger partial charge in [0.2, 0.25) is 5.90 Å². The first-order chi connectivity index (χ1) is 5.20. The van der Waals surface area contributed by atoms with E-state index in [2.05, 4.69) is 18.2 Å². The summed E-state index contributed by atoms with van der Waals surface area (Å²) in [5.41, 5.74) is 0.715. The van der Waals surface area contributed by atoms with Crippen LogP contribution in [0.15, 0.2) is 29.9 Å². The van der Waals surface area contributed by atoms with E-state index in [0.29, 0.717) is 11.6 Å². The summed E-state index contributed by atoms with van der Waals surface area (Å²) in [5.74, 6) is 0.502.